The highest BCUT2D eigenvalue weighted by Gasteiger charge is 2.10. The van der Waals surface area contributed by atoms with Gasteiger partial charge < -0.3 is 4.74 Å². The van der Waals surface area contributed by atoms with Crippen molar-refractivity contribution in [3.05, 3.63) is 40.9 Å². The largest absolute Gasteiger partial charge is 0.381 e. The number of anilines is 1. The van der Waals surface area contributed by atoms with Crippen LogP contribution in [0.1, 0.15) is 6.92 Å². The molecule has 2 aromatic carbocycles. The van der Waals surface area contributed by atoms with Gasteiger partial charge in [0.25, 0.3) is 0 Å². The summed E-state index contributed by atoms with van der Waals surface area (Å²) >= 11 is 3.41. The van der Waals surface area contributed by atoms with Crippen molar-refractivity contribution in [3.8, 4) is 0 Å². The van der Waals surface area contributed by atoms with E-state index in [2.05, 4.69) is 20.7 Å². The first-order valence-electron chi connectivity index (χ1n) is 6.28. The molecule has 0 aliphatic carbocycles. The maximum atomic E-state index is 11.9. The van der Waals surface area contributed by atoms with E-state index in [-0.39, 0.29) is 12.4 Å². The maximum Gasteiger partial charge on any atom is 0.234 e. The molecule has 2 rings (SSSR count). The molecule has 2 aromatic rings. The van der Waals surface area contributed by atoms with Crippen LogP contribution in [0.3, 0.4) is 0 Å². The number of halogens is 1. The summed E-state index contributed by atoms with van der Waals surface area (Å²) in [6.07, 6.45) is 0. The maximum absolute atomic E-state index is 11.9. The average Bonchev–Trinajstić information content (AvgIpc) is 2.38. The van der Waals surface area contributed by atoms with Crippen LogP contribution < -0.4 is 4.72 Å². The van der Waals surface area contributed by atoms with Crippen molar-refractivity contribution in [3.63, 3.8) is 0 Å². The minimum Gasteiger partial charge on any atom is -0.381 e. The quantitative estimate of drug-likeness (QED) is 0.806. The number of nitrogens with one attached hydrogen (secondary N) is 1. The van der Waals surface area contributed by atoms with E-state index in [9.17, 15) is 8.42 Å². The van der Waals surface area contributed by atoms with Crippen LogP contribution in [-0.2, 0) is 14.8 Å². The number of benzene rings is 2. The molecule has 0 aliphatic rings. The molecule has 0 aromatic heterocycles. The minimum atomic E-state index is -3.37. The van der Waals surface area contributed by atoms with Gasteiger partial charge in [0.15, 0.2) is 0 Å². The molecule has 0 saturated carbocycles. The summed E-state index contributed by atoms with van der Waals surface area (Å²) in [4.78, 5) is 0. The molecule has 6 heteroatoms. The average molecular weight is 358 g/mol. The number of rotatable bonds is 6. The zero-order valence-corrected chi connectivity index (χ0v) is 13.5. The molecule has 0 saturated heterocycles. The zero-order chi connectivity index (χ0) is 14.6. The first-order chi connectivity index (χ1) is 9.50. The first-order valence-corrected chi connectivity index (χ1v) is 8.72. The summed E-state index contributed by atoms with van der Waals surface area (Å²) in [5, 5.41) is 2.04. The highest BCUT2D eigenvalue weighted by Crippen LogP contribution is 2.23. The third-order valence-electron chi connectivity index (χ3n) is 2.78. The molecule has 0 atom stereocenters. The lowest BCUT2D eigenvalue weighted by Gasteiger charge is -2.09. The van der Waals surface area contributed by atoms with Crippen molar-refractivity contribution in [1.29, 1.82) is 0 Å². The van der Waals surface area contributed by atoms with Gasteiger partial charge in [-0.15, -0.1) is 0 Å². The van der Waals surface area contributed by atoms with Gasteiger partial charge in [-0.3, -0.25) is 4.72 Å². The number of hydrogen-bond donors (Lipinski definition) is 1. The van der Waals surface area contributed by atoms with Gasteiger partial charge in [-0.2, -0.15) is 0 Å². The molecule has 20 heavy (non-hydrogen) atoms. The number of ether oxygens (including phenoxy) is 1. The molecule has 0 amide bonds. The molecule has 0 heterocycles. The van der Waals surface area contributed by atoms with Crippen LogP contribution in [0.5, 0.6) is 0 Å². The molecule has 0 fully saturated rings. The fourth-order valence-electron chi connectivity index (χ4n) is 1.82. The Morgan fingerprint density at radius 3 is 2.60 bits per heavy atom. The summed E-state index contributed by atoms with van der Waals surface area (Å²) < 4.78 is 32.4. The zero-order valence-electron chi connectivity index (χ0n) is 11.1. The van der Waals surface area contributed by atoms with Crippen molar-refractivity contribution in [2.24, 2.45) is 0 Å². The summed E-state index contributed by atoms with van der Waals surface area (Å²) in [5.41, 5.74) is 0.566. The Labute approximate surface area is 127 Å². The summed E-state index contributed by atoms with van der Waals surface area (Å²) in [6, 6.07) is 11.3. The predicted molar refractivity (Wildman–Crippen MR) is 85.6 cm³/mol. The summed E-state index contributed by atoms with van der Waals surface area (Å²) in [5.74, 6) is -0.0424. The summed E-state index contributed by atoms with van der Waals surface area (Å²) in [6.45, 7) is 2.55. The number of sulfonamides is 1. The van der Waals surface area contributed by atoms with Crippen molar-refractivity contribution in [1.82, 2.24) is 0 Å². The van der Waals surface area contributed by atoms with E-state index in [4.69, 9.17) is 4.74 Å². The number of hydrogen-bond acceptors (Lipinski definition) is 3. The Balaban J connectivity index is 2.15. The first kappa shape index (κ1) is 15.3. The molecule has 0 radical (unpaired) electrons. The van der Waals surface area contributed by atoms with Gasteiger partial charge in [0.05, 0.1) is 12.4 Å². The second kappa shape index (κ2) is 6.56. The van der Waals surface area contributed by atoms with E-state index in [0.717, 1.165) is 15.2 Å². The lowest BCUT2D eigenvalue weighted by Crippen LogP contribution is -2.20. The van der Waals surface area contributed by atoms with Gasteiger partial charge >= 0.3 is 0 Å². The monoisotopic (exact) mass is 357 g/mol. The Kier molecular flexibility index (Phi) is 5.01. The smallest absolute Gasteiger partial charge is 0.234 e. The fourth-order valence-corrected chi connectivity index (χ4v) is 3.13. The Bertz CT molecular complexity index is 701. The highest BCUT2D eigenvalue weighted by atomic mass is 79.9. The van der Waals surface area contributed by atoms with Gasteiger partial charge in [-0.1, -0.05) is 28.1 Å². The van der Waals surface area contributed by atoms with Crippen LogP contribution in [0.15, 0.2) is 40.9 Å². The van der Waals surface area contributed by atoms with E-state index in [1.54, 1.807) is 6.07 Å². The topological polar surface area (TPSA) is 55.4 Å². The normalized spacial score (nSPS) is 11.7. The SMILES string of the molecule is CCOCCS(=O)(=O)Nc1ccc2cc(Br)ccc2c1. The molecule has 108 valence electrons. The van der Waals surface area contributed by atoms with Gasteiger partial charge in [0.1, 0.15) is 0 Å². The molecule has 0 aliphatic heterocycles. The highest BCUT2D eigenvalue weighted by molar-refractivity contribution is 9.10. The lowest BCUT2D eigenvalue weighted by molar-refractivity contribution is 0.163. The second-order valence-electron chi connectivity index (χ2n) is 4.32. The van der Waals surface area contributed by atoms with Crippen molar-refractivity contribution >= 4 is 42.4 Å². The molecular formula is C14H16BrNO3S. The Hall–Kier alpha value is -1.11. The summed E-state index contributed by atoms with van der Waals surface area (Å²) in [7, 11) is -3.37. The van der Waals surface area contributed by atoms with Crippen LogP contribution in [0.2, 0.25) is 0 Å². The van der Waals surface area contributed by atoms with Gasteiger partial charge in [-0.25, -0.2) is 8.42 Å². The van der Waals surface area contributed by atoms with Crippen LogP contribution in [0.4, 0.5) is 5.69 Å². The molecular weight excluding hydrogens is 342 g/mol. The van der Waals surface area contributed by atoms with Crippen molar-refractivity contribution in [2.45, 2.75) is 6.92 Å². The van der Waals surface area contributed by atoms with Crippen LogP contribution in [-0.4, -0.2) is 27.4 Å². The lowest BCUT2D eigenvalue weighted by atomic mass is 10.1. The Morgan fingerprint density at radius 1 is 1.15 bits per heavy atom. The van der Waals surface area contributed by atoms with E-state index < -0.39 is 10.0 Å². The van der Waals surface area contributed by atoms with E-state index in [1.807, 2.05) is 37.3 Å². The van der Waals surface area contributed by atoms with Crippen LogP contribution in [0.25, 0.3) is 10.8 Å². The second-order valence-corrected chi connectivity index (χ2v) is 7.08. The third-order valence-corrected chi connectivity index (χ3v) is 4.52. The van der Waals surface area contributed by atoms with Gasteiger partial charge in [-0.05, 0) is 42.0 Å². The van der Waals surface area contributed by atoms with Crippen molar-refractivity contribution < 1.29 is 13.2 Å². The molecule has 0 spiro atoms. The molecule has 4 nitrogen and oxygen atoms in total. The standard InChI is InChI=1S/C14H16BrNO3S/c1-2-19-7-8-20(17,18)16-14-6-4-11-9-13(15)5-3-12(11)10-14/h3-6,9-10,16H,2,7-8H2,1H3. The molecule has 0 unspecified atom stereocenters. The van der Waals surface area contributed by atoms with Crippen LogP contribution in [0, 0.1) is 0 Å². The van der Waals surface area contributed by atoms with E-state index in [1.165, 1.54) is 0 Å². The molecule has 0 bridgehead atoms. The third kappa shape index (κ3) is 4.19. The predicted octanol–water partition coefficient (Wildman–Crippen LogP) is 3.38. The fraction of sp³-hybridized carbons (Fsp3) is 0.286. The Morgan fingerprint density at radius 2 is 1.85 bits per heavy atom. The van der Waals surface area contributed by atoms with Crippen LogP contribution >= 0.6 is 15.9 Å². The van der Waals surface area contributed by atoms with Gasteiger partial charge in [0.2, 0.25) is 10.0 Å². The van der Waals surface area contributed by atoms with Crippen molar-refractivity contribution in [2.75, 3.05) is 23.7 Å². The minimum absolute atomic E-state index is 0.0424. The van der Waals surface area contributed by atoms with Gasteiger partial charge in [0, 0.05) is 16.8 Å². The van der Waals surface area contributed by atoms with E-state index >= 15 is 0 Å². The number of fused-ring (bicyclic) bond motifs is 1. The molecule has 1 N–H and O–H groups in total. The van der Waals surface area contributed by atoms with E-state index in [0.29, 0.717) is 12.3 Å².